The summed E-state index contributed by atoms with van der Waals surface area (Å²) in [6.07, 6.45) is 7.72. The third-order valence-electron chi connectivity index (χ3n) is 3.80. The Balaban J connectivity index is 1.53. The average molecular weight is 335 g/mol. The summed E-state index contributed by atoms with van der Waals surface area (Å²) in [4.78, 5) is 6.18. The first-order chi connectivity index (χ1) is 12.2. The zero-order chi connectivity index (χ0) is 17.5. The first kappa shape index (κ1) is 16.9. The summed E-state index contributed by atoms with van der Waals surface area (Å²) in [6.45, 7) is 1.52. The Bertz CT molecular complexity index is 810. The van der Waals surface area contributed by atoms with Gasteiger partial charge in [-0.3, -0.25) is 9.88 Å². The van der Waals surface area contributed by atoms with Gasteiger partial charge in [-0.25, -0.2) is 0 Å². The highest BCUT2D eigenvalue weighted by Crippen LogP contribution is 2.18. The van der Waals surface area contributed by atoms with Gasteiger partial charge < -0.3 is 9.26 Å². The lowest BCUT2D eigenvalue weighted by Crippen LogP contribution is -2.17. The van der Waals surface area contributed by atoms with Crippen molar-refractivity contribution in [1.29, 1.82) is 0 Å². The maximum Gasteiger partial charge on any atom is 0.151 e. The van der Waals surface area contributed by atoms with E-state index in [9.17, 15) is 0 Å². The van der Waals surface area contributed by atoms with Crippen LogP contribution in [-0.2, 0) is 6.54 Å². The topological polar surface area (TPSA) is 51.4 Å². The summed E-state index contributed by atoms with van der Waals surface area (Å²) in [6, 6.07) is 13.8. The number of hydrogen-bond donors (Lipinski definition) is 0. The van der Waals surface area contributed by atoms with Crippen LogP contribution in [0.4, 0.5) is 0 Å². The second kappa shape index (κ2) is 8.26. The standard InChI is InChI=1S/C20H21N3O2/c1-23(13-3-4-16-5-7-18(24-2)8-6-16)15-19-14-20(22-25-19)17-9-11-21-12-10-17/h3-12,14H,13,15H2,1-2H3. The molecule has 0 radical (unpaired) electrons. The van der Waals surface area contributed by atoms with E-state index in [1.54, 1.807) is 19.5 Å². The second-order valence-corrected chi connectivity index (χ2v) is 5.79. The number of benzene rings is 1. The van der Waals surface area contributed by atoms with Crippen LogP contribution in [0.15, 0.2) is 65.5 Å². The van der Waals surface area contributed by atoms with Crippen LogP contribution in [0.1, 0.15) is 11.3 Å². The van der Waals surface area contributed by atoms with Crippen LogP contribution in [0.3, 0.4) is 0 Å². The molecule has 1 aromatic carbocycles. The molecule has 3 rings (SSSR count). The van der Waals surface area contributed by atoms with Gasteiger partial charge in [0.05, 0.1) is 13.7 Å². The van der Waals surface area contributed by atoms with Crippen molar-refractivity contribution in [2.45, 2.75) is 6.54 Å². The first-order valence-corrected chi connectivity index (χ1v) is 8.10. The summed E-state index contributed by atoms with van der Waals surface area (Å²) in [5, 5.41) is 4.12. The first-order valence-electron chi connectivity index (χ1n) is 8.10. The minimum atomic E-state index is 0.699. The van der Waals surface area contributed by atoms with E-state index in [4.69, 9.17) is 9.26 Å². The van der Waals surface area contributed by atoms with Crippen LogP contribution in [0.2, 0.25) is 0 Å². The van der Waals surface area contributed by atoms with Crippen molar-refractivity contribution in [1.82, 2.24) is 15.0 Å². The van der Waals surface area contributed by atoms with E-state index < -0.39 is 0 Å². The summed E-state index contributed by atoms with van der Waals surface area (Å²) >= 11 is 0. The SMILES string of the molecule is COc1ccc(C=CCN(C)Cc2cc(-c3ccncc3)no2)cc1. The van der Waals surface area contributed by atoms with Crippen molar-refractivity contribution in [2.24, 2.45) is 0 Å². The molecule has 0 atom stereocenters. The molecule has 25 heavy (non-hydrogen) atoms. The van der Waals surface area contributed by atoms with Crippen LogP contribution >= 0.6 is 0 Å². The zero-order valence-corrected chi connectivity index (χ0v) is 14.4. The van der Waals surface area contributed by atoms with Gasteiger partial charge >= 0.3 is 0 Å². The zero-order valence-electron chi connectivity index (χ0n) is 14.4. The van der Waals surface area contributed by atoms with E-state index in [1.807, 2.05) is 49.5 Å². The molecule has 0 unspecified atom stereocenters. The Morgan fingerprint density at radius 2 is 1.88 bits per heavy atom. The highest BCUT2D eigenvalue weighted by atomic mass is 16.5. The fourth-order valence-electron chi connectivity index (χ4n) is 2.46. The largest absolute Gasteiger partial charge is 0.497 e. The van der Waals surface area contributed by atoms with Gasteiger partial charge in [0.2, 0.25) is 0 Å². The molecule has 0 spiro atoms. The van der Waals surface area contributed by atoms with E-state index in [-0.39, 0.29) is 0 Å². The van der Waals surface area contributed by atoms with Gasteiger partial charge in [-0.15, -0.1) is 0 Å². The van der Waals surface area contributed by atoms with Crippen molar-refractivity contribution in [3.63, 3.8) is 0 Å². The second-order valence-electron chi connectivity index (χ2n) is 5.79. The highest BCUT2D eigenvalue weighted by molar-refractivity contribution is 5.57. The van der Waals surface area contributed by atoms with Crippen molar-refractivity contribution in [2.75, 3.05) is 20.7 Å². The van der Waals surface area contributed by atoms with Gasteiger partial charge in [-0.05, 0) is 36.9 Å². The number of hydrogen-bond acceptors (Lipinski definition) is 5. The number of ether oxygens (including phenoxy) is 1. The lowest BCUT2D eigenvalue weighted by molar-refractivity contribution is 0.293. The number of pyridine rings is 1. The number of likely N-dealkylation sites (N-methyl/N-ethyl adjacent to an activating group) is 1. The van der Waals surface area contributed by atoms with Gasteiger partial charge in [-0.2, -0.15) is 0 Å². The average Bonchev–Trinajstić information content (AvgIpc) is 3.11. The van der Waals surface area contributed by atoms with Gasteiger partial charge in [-0.1, -0.05) is 29.4 Å². The molecule has 0 bridgehead atoms. The molecule has 2 aromatic heterocycles. The quantitative estimate of drug-likeness (QED) is 0.655. The molecule has 0 amide bonds. The number of aromatic nitrogens is 2. The maximum absolute atomic E-state index is 5.43. The van der Waals surface area contributed by atoms with E-state index >= 15 is 0 Å². The monoisotopic (exact) mass is 335 g/mol. The molecule has 0 fully saturated rings. The van der Waals surface area contributed by atoms with Crippen molar-refractivity contribution in [3.8, 4) is 17.0 Å². The van der Waals surface area contributed by atoms with Crippen LogP contribution in [0, 0.1) is 0 Å². The Hall–Kier alpha value is -2.92. The van der Waals surface area contributed by atoms with Gasteiger partial charge in [0.1, 0.15) is 11.4 Å². The molecule has 128 valence electrons. The van der Waals surface area contributed by atoms with E-state index in [2.05, 4.69) is 27.2 Å². The molecule has 2 heterocycles. The Morgan fingerprint density at radius 3 is 2.60 bits per heavy atom. The predicted octanol–water partition coefficient (Wildman–Crippen LogP) is 3.89. The molecule has 0 aliphatic carbocycles. The minimum absolute atomic E-state index is 0.699. The van der Waals surface area contributed by atoms with Crippen LogP contribution in [0.25, 0.3) is 17.3 Å². The van der Waals surface area contributed by atoms with Gasteiger partial charge in [0.25, 0.3) is 0 Å². The van der Waals surface area contributed by atoms with Crippen molar-refractivity contribution in [3.05, 3.63) is 72.3 Å². The van der Waals surface area contributed by atoms with Gasteiger partial charge in [0, 0.05) is 30.6 Å². The molecule has 0 aliphatic heterocycles. The van der Waals surface area contributed by atoms with Crippen LogP contribution in [-0.4, -0.2) is 35.7 Å². The molecule has 0 aliphatic rings. The Morgan fingerprint density at radius 1 is 1.12 bits per heavy atom. The molecule has 0 saturated heterocycles. The lowest BCUT2D eigenvalue weighted by atomic mass is 10.2. The molecule has 5 nitrogen and oxygen atoms in total. The summed E-state index contributed by atoms with van der Waals surface area (Å²) in [7, 11) is 3.72. The number of rotatable bonds is 7. The molecular weight excluding hydrogens is 314 g/mol. The van der Waals surface area contributed by atoms with E-state index in [0.29, 0.717) is 6.54 Å². The van der Waals surface area contributed by atoms with Crippen LogP contribution in [0.5, 0.6) is 5.75 Å². The predicted molar refractivity (Wildman–Crippen MR) is 98.1 cm³/mol. The summed E-state index contributed by atoms with van der Waals surface area (Å²) in [5.74, 6) is 1.71. The maximum atomic E-state index is 5.43. The number of methoxy groups -OCH3 is 1. The minimum Gasteiger partial charge on any atom is -0.497 e. The summed E-state index contributed by atoms with van der Waals surface area (Å²) in [5.41, 5.74) is 2.99. The van der Waals surface area contributed by atoms with Crippen LogP contribution < -0.4 is 4.74 Å². The smallest absolute Gasteiger partial charge is 0.151 e. The summed E-state index contributed by atoms with van der Waals surface area (Å²) < 4.78 is 10.6. The van der Waals surface area contributed by atoms with Gasteiger partial charge in [0.15, 0.2) is 5.76 Å². The molecule has 3 aromatic rings. The van der Waals surface area contributed by atoms with Crippen molar-refractivity contribution < 1.29 is 9.26 Å². The van der Waals surface area contributed by atoms with E-state index in [0.717, 1.165) is 34.9 Å². The Labute approximate surface area is 147 Å². The number of nitrogens with zero attached hydrogens (tertiary/aromatic N) is 3. The van der Waals surface area contributed by atoms with Crippen molar-refractivity contribution >= 4 is 6.08 Å². The van der Waals surface area contributed by atoms with E-state index in [1.165, 1.54) is 0 Å². The fourth-order valence-corrected chi connectivity index (χ4v) is 2.46. The Kier molecular flexibility index (Phi) is 5.59. The lowest BCUT2D eigenvalue weighted by Gasteiger charge is -2.11. The fraction of sp³-hybridized carbons (Fsp3) is 0.200. The molecule has 5 heteroatoms. The third-order valence-corrected chi connectivity index (χ3v) is 3.80. The third kappa shape index (κ3) is 4.78. The molecule has 0 saturated carbocycles. The molecular formula is C20H21N3O2. The highest BCUT2D eigenvalue weighted by Gasteiger charge is 2.08. The molecule has 0 N–H and O–H groups in total. The normalized spacial score (nSPS) is 11.3.